The number of benzene rings is 1. The predicted octanol–water partition coefficient (Wildman–Crippen LogP) is 1.96. The van der Waals surface area contributed by atoms with Crippen LogP contribution in [0.1, 0.15) is 43.2 Å². The molecule has 0 radical (unpaired) electrons. The zero-order valence-corrected chi connectivity index (χ0v) is 11.6. The van der Waals surface area contributed by atoms with Crippen molar-refractivity contribution in [3.8, 4) is 0 Å². The Morgan fingerprint density at radius 2 is 1.75 bits per heavy atom. The first-order valence-electron chi connectivity index (χ1n) is 7.28. The van der Waals surface area contributed by atoms with Gasteiger partial charge in [0.1, 0.15) is 0 Å². The van der Waals surface area contributed by atoms with Crippen LogP contribution in [-0.4, -0.2) is 16.7 Å². The third-order valence-electron chi connectivity index (χ3n) is 4.72. The molecule has 106 valence electrons. The van der Waals surface area contributed by atoms with Gasteiger partial charge in [0.05, 0.1) is 12.0 Å². The van der Waals surface area contributed by atoms with Crippen LogP contribution in [0.25, 0.3) is 0 Å². The average Bonchev–Trinajstić information content (AvgIpc) is 3.01. The fraction of sp³-hybridized carbons (Fsp3) is 0.500. The van der Waals surface area contributed by atoms with E-state index in [0.717, 1.165) is 36.8 Å². The number of hydrogen-bond donors (Lipinski definition) is 1. The van der Waals surface area contributed by atoms with Gasteiger partial charge in [-0.15, -0.1) is 0 Å². The number of amides is 2. The van der Waals surface area contributed by atoms with Crippen molar-refractivity contribution < 1.29 is 9.59 Å². The summed E-state index contributed by atoms with van der Waals surface area (Å²) in [5.74, 6) is 0.00977. The third kappa shape index (κ3) is 2.04. The van der Waals surface area contributed by atoms with Crippen molar-refractivity contribution in [2.24, 2.45) is 11.1 Å². The minimum absolute atomic E-state index is 0.0243. The van der Waals surface area contributed by atoms with Crippen LogP contribution in [0, 0.1) is 5.41 Å². The molecule has 0 unspecified atom stereocenters. The lowest BCUT2D eigenvalue weighted by atomic mass is 9.84. The summed E-state index contributed by atoms with van der Waals surface area (Å²) in [5.41, 5.74) is 7.32. The summed E-state index contributed by atoms with van der Waals surface area (Å²) in [5, 5.41) is 0. The summed E-state index contributed by atoms with van der Waals surface area (Å²) in [4.78, 5) is 26.3. The number of nitrogens with zero attached hydrogens (tertiary/aromatic N) is 1. The minimum atomic E-state index is -0.380. The van der Waals surface area contributed by atoms with Gasteiger partial charge in [0.25, 0.3) is 0 Å². The number of likely N-dealkylation sites (tertiary alicyclic amines) is 1. The summed E-state index contributed by atoms with van der Waals surface area (Å²) < 4.78 is 0. The fourth-order valence-corrected chi connectivity index (χ4v) is 3.54. The Morgan fingerprint density at radius 1 is 1.10 bits per heavy atom. The Bertz CT molecular complexity index is 547. The molecule has 1 saturated carbocycles. The zero-order valence-electron chi connectivity index (χ0n) is 11.6. The molecule has 2 N–H and O–H groups in total. The maximum Gasteiger partial charge on any atom is 0.236 e. The highest BCUT2D eigenvalue weighted by molar-refractivity contribution is 6.06. The number of hydrogen-bond acceptors (Lipinski definition) is 3. The molecule has 4 heteroatoms. The standard InChI is InChI=1S/C16H20N2O2/c17-10-12-5-1-2-6-13(12)11-18-14(19)9-16(15(18)20)7-3-4-8-16/h1-2,5-6H,3-4,7-11,17H2. The maximum absolute atomic E-state index is 12.6. The number of imide groups is 1. The van der Waals surface area contributed by atoms with Gasteiger partial charge in [0.15, 0.2) is 0 Å². The first-order chi connectivity index (χ1) is 9.66. The molecule has 3 rings (SSSR count). The SMILES string of the molecule is NCc1ccccc1CN1C(=O)CC2(CCCC2)C1=O. The lowest BCUT2D eigenvalue weighted by molar-refractivity contribution is -0.142. The van der Waals surface area contributed by atoms with Crippen LogP contribution in [0.5, 0.6) is 0 Å². The Labute approximate surface area is 118 Å². The van der Waals surface area contributed by atoms with E-state index < -0.39 is 0 Å². The minimum Gasteiger partial charge on any atom is -0.326 e. The second-order valence-electron chi connectivity index (χ2n) is 5.92. The van der Waals surface area contributed by atoms with E-state index in [1.54, 1.807) is 0 Å². The first-order valence-corrected chi connectivity index (χ1v) is 7.28. The van der Waals surface area contributed by atoms with Crippen LogP contribution in [0.2, 0.25) is 0 Å². The zero-order chi connectivity index (χ0) is 14.2. The lowest BCUT2D eigenvalue weighted by Crippen LogP contribution is -2.34. The summed E-state index contributed by atoms with van der Waals surface area (Å²) in [6.07, 6.45) is 4.26. The van der Waals surface area contributed by atoms with E-state index in [9.17, 15) is 9.59 Å². The number of carbonyl (C=O) groups excluding carboxylic acids is 2. The lowest BCUT2D eigenvalue weighted by Gasteiger charge is -2.21. The molecule has 1 aliphatic carbocycles. The van der Waals surface area contributed by atoms with Crippen molar-refractivity contribution in [2.45, 2.75) is 45.2 Å². The van der Waals surface area contributed by atoms with Crippen LogP contribution >= 0.6 is 0 Å². The Morgan fingerprint density at radius 3 is 2.40 bits per heavy atom. The largest absolute Gasteiger partial charge is 0.326 e. The Kier molecular flexibility index (Phi) is 3.34. The predicted molar refractivity (Wildman–Crippen MR) is 75.4 cm³/mol. The summed E-state index contributed by atoms with van der Waals surface area (Å²) in [7, 11) is 0. The molecule has 1 saturated heterocycles. The fourth-order valence-electron chi connectivity index (χ4n) is 3.54. The molecule has 1 aliphatic heterocycles. The first kappa shape index (κ1) is 13.3. The Balaban J connectivity index is 1.84. The van der Waals surface area contributed by atoms with Gasteiger partial charge in [-0.25, -0.2) is 0 Å². The molecular formula is C16H20N2O2. The smallest absolute Gasteiger partial charge is 0.236 e. The molecule has 2 aliphatic rings. The van der Waals surface area contributed by atoms with Gasteiger partial charge in [-0.05, 0) is 24.0 Å². The van der Waals surface area contributed by atoms with Gasteiger partial charge >= 0.3 is 0 Å². The molecule has 1 heterocycles. The number of nitrogens with two attached hydrogens (primary N) is 1. The molecule has 20 heavy (non-hydrogen) atoms. The van der Waals surface area contributed by atoms with Crippen LogP contribution in [0.3, 0.4) is 0 Å². The molecule has 2 amide bonds. The molecule has 0 aromatic heterocycles. The van der Waals surface area contributed by atoms with Crippen molar-refractivity contribution >= 4 is 11.8 Å². The molecule has 1 aromatic rings. The second-order valence-corrected chi connectivity index (χ2v) is 5.92. The van der Waals surface area contributed by atoms with E-state index in [2.05, 4.69) is 0 Å². The van der Waals surface area contributed by atoms with Crippen LogP contribution in [0.15, 0.2) is 24.3 Å². The number of rotatable bonds is 3. The van der Waals surface area contributed by atoms with E-state index >= 15 is 0 Å². The van der Waals surface area contributed by atoms with Crippen molar-refractivity contribution in [3.05, 3.63) is 35.4 Å². The highest BCUT2D eigenvalue weighted by atomic mass is 16.2. The summed E-state index contributed by atoms with van der Waals surface area (Å²) in [6.45, 7) is 0.796. The quantitative estimate of drug-likeness (QED) is 0.856. The highest BCUT2D eigenvalue weighted by Gasteiger charge is 2.52. The molecule has 0 bridgehead atoms. The van der Waals surface area contributed by atoms with Crippen molar-refractivity contribution in [2.75, 3.05) is 0 Å². The topological polar surface area (TPSA) is 63.4 Å². The van der Waals surface area contributed by atoms with Crippen LogP contribution < -0.4 is 5.73 Å². The van der Waals surface area contributed by atoms with E-state index in [1.807, 2.05) is 24.3 Å². The third-order valence-corrected chi connectivity index (χ3v) is 4.72. The monoisotopic (exact) mass is 272 g/mol. The maximum atomic E-state index is 12.6. The summed E-state index contributed by atoms with van der Waals surface area (Å²) in [6, 6.07) is 7.75. The van der Waals surface area contributed by atoms with Gasteiger partial charge in [0.2, 0.25) is 11.8 Å². The highest BCUT2D eigenvalue weighted by Crippen LogP contribution is 2.47. The van der Waals surface area contributed by atoms with Crippen molar-refractivity contribution in [3.63, 3.8) is 0 Å². The van der Waals surface area contributed by atoms with Crippen LogP contribution in [-0.2, 0) is 22.7 Å². The molecule has 1 spiro atoms. The average molecular weight is 272 g/mol. The van der Waals surface area contributed by atoms with E-state index in [1.165, 1.54) is 4.90 Å². The van der Waals surface area contributed by atoms with Gasteiger partial charge in [0, 0.05) is 13.0 Å². The normalized spacial score (nSPS) is 21.1. The van der Waals surface area contributed by atoms with E-state index in [4.69, 9.17) is 5.73 Å². The van der Waals surface area contributed by atoms with E-state index in [0.29, 0.717) is 19.5 Å². The molecule has 4 nitrogen and oxygen atoms in total. The van der Waals surface area contributed by atoms with Gasteiger partial charge < -0.3 is 5.73 Å². The number of carbonyl (C=O) groups is 2. The van der Waals surface area contributed by atoms with Crippen molar-refractivity contribution in [1.29, 1.82) is 0 Å². The Hall–Kier alpha value is -1.68. The molecular weight excluding hydrogens is 252 g/mol. The second kappa shape index (κ2) is 5.02. The van der Waals surface area contributed by atoms with Gasteiger partial charge in [-0.2, -0.15) is 0 Å². The molecule has 0 atom stereocenters. The summed E-state index contributed by atoms with van der Waals surface area (Å²) >= 11 is 0. The van der Waals surface area contributed by atoms with Gasteiger partial charge in [-0.1, -0.05) is 37.1 Å². The van der Waals surface area contributed by atoms with E-state index in [-0.39, 0.29) is 17.2 Å². The van der Waals surface area contributed by atoms with Crippen LogP contribution in [0.4, 0.5) is 0 Å². The van der Waals surface area contributed by atoms with Gasteiger partial charge in [-0.3, -0.25) is 14.5 Å². The molecule has 2 fully saturated rings. The molecule has 1 aromatic carbocycles. The van der Waals surface area contributed by atoms with Crippen molar-refractivity contribution in [1.82, 2.24) is 4.90 Å².